The van der Waals surface area contributed by atoms with Gasteiger partial charge >= 0.3 is 0 Å². The van der Waals surface area contributed by atoms with Crippen LogP contribution in [0.15, 0.2) is 6.20 Å². The lowest BCUT2D eigenvalue weighted by Gasteiger charge is -2.36. The molecule has 0 atom stereocenters. The topological polar surface area (TPSA) is 50.8 Å². The number of nitrogens with zero attached hydrogens (tertiary/aromatic N) is 2. The van der Waals surface area contributed by atoms with Crippen molar-refractivity contribution in [3.05, 3.63) is 14.9 Å². The van der Waals surface area contributed by atoms with Gasteiger partial charge in [-0.15, -0.1) is 0 Å². The Morgan fingerprint density at radius 1 is 1.37 bits per heavy atom. The molecule has 104 valence electrons. The number of aromatic nitrogens is 3. The van der Waals surface area contributed by atoms with Crippen molar-refractivity contribution in [2.75, 3.05) is 0 Å². The van der Waals surface area contributed by atoms with Crippen molar-refractivity contribution in [1.29, 1.82) is 0 Å². The smallest absolute Gasteiger partial charge is 0.250 e. The van der Waals surface area contributed by atoms with Crippen molar-refractivity contribution in [2.45, 2.75) is 38.9 Å². The SMILES string of the molecule is CC(C)(C)[Si](C)(C)Oc1cnc2n[nH]c(I)c2c1Cl. The highest BCUT2D eigenvalue weighted by atomic mass is 127. The highest BCUT2D eigenvalue weighted by Gasteiger charge is 2.39. The minimum absolute atomic E-state index is 0.120. The molecule has 7 heteroatoms. The van der Waals surface area contributed by atoms with Gasteiger partial charge in [-0.2, -0.15) is 5.10 Å². The minimum atomic E-state index is -1.92. The molecule has 0 aliphatic heterocycles. The summed E-state index contributed by atoms with van der Waals surface area (Å²) in [6.45, 7) is 11.0. The lowest BCUT2D eigenvalue weighted by atomic mass is 10.2. The molecule has 2 heterocycles. The molecule has 0 aliphatic rings. The maximum absolute atomic E-state index is 6.44. The van der Waals surface area contributed by atoms with E-state index in [2.05, 4.69) is 71.6 Å². The number of H-pyrrole nitrogens is 1. The predicted molar refractivity (Wildman–Crippen MR) is 89.4 cm³/mol. The van der Waals surface area contributed by atoms with E-state index in [1.165, 1.54) is 0 Å². The van der Waals surface area contributed by atoms with E-state index in [9.17, 15) is 0 Å². The molecule has 2 rings (SSSR count). The molecule has 0 fully saturated rings. The Labute approximate surface area is 132 Å². The largest absolute Gasteiger partial charge is 0.541 e. The van der Waals surface area contributed by atoms with E-state index in [0.717, 1.165) is 9.09 Å². The van der Waals surface area contributed by atoms with Crippen LogP contribution in [0, 0.1) is 3.70 Å². The van der Waals surface area contributed by atoms with Gasteiger partial charge in [-0.05, 0) is 40.7 Å². The highest BCUT2D eigenvalue weighted by Crippen LogP contribution is 2.40. The Balaban J connectivity index is 2.47. The number of hydrogen-bond acceptors (Lipinski definition) is 3. The molecule has 0 aliphatic carbocycles. The first-order valence-corrected chi connectivity index (χ1v) is 10.4. The third-order valence-electron chi connectivity index (χ3n) is 3.61. The lowest BCUT2D eigenvalue weighted by molar-refractivity contribution is 0.491. The quantitative estimate of drug-likeness (QED) is 0.582. The van der Waals surface area contributed by atoms with Gasteiger partial charge in [-0.3, -0.25) is 5.10 Å². The van der Waals surface area contributed by atoms with Crippen LogP contribution in [0.4, 0.5) is 0 Å². The second kappa shape index (κ2) is 4.89. The zero-order chi connectivity index (χ0) is 14.4. The van der Waals surface area contributed by atoms with E-state index in [-0.39, 0.29) is 5.04 Å². The summed E-state index contributed by atoms with van der Waals surface area (Å²) in [6.07, 6.45) is 1.67. The van der Waals surface area contributed by atoms with Crippen LogP contribution in [-0.4, -0.2) is 23.5 Å². The van der Waals surface area contributed by atoms with E-state index in [1.807, 2.05) is 0 Å². The van der Waals surface area contributed by atoms with Gasteiger partial charge in [0, 0.05) is 0 Å². The van der Waals surface area contributed by atoms with Crippen LogP contribution in [0.3, 0.4) is 0 Å². The van der Waals surface area contributed by atoms with Crippen LogP contribution in [0.25, 0.3) is 11.0 Å². The van der Waals surface area contributed by atoms with E-state index in [0.29, 0.717) is 16.4 Å². The van der Waals surface area contributed by atoms with Crippen molar-refractivity contribution in [1.82, 2.24) is 15.2 Å². The first kappa shape index (κ1) is 15.1. The zero-order valence-corrected chi connectivity index (χ0v) is 15.5. The van der Waals surface area contributed by atoms with Gasteiger partial charge < -0.3 is 4.43 Å². The van der Waals surface area contributed by atoms with E-state index in [4.69, 9.17) is 16.0 Å². The van der Waals surface area contributed by atoms with Gasteiger partial charge in [0.15, 0.2) is 5.65 Å². The average Bonchev–Trinajstić information content (AvgIpc) is 2.63. The Bertz CT molecular complexity index is 621. The summed E-state index contributed by atoms with van der Waals surface area (Å²) in [6, 6.07) is 0. The van der Waals surface area contributed by atoms with Crippen molar-refractivity contribution >= 4 is 53.5 Å². The summed E-state index contributed by atoms with van der Waals surface area (Å²) in [7, 11) is -1.92. The number of hydrogen-bond donors (Lipinski definition) is 1. The molecule has 0 bridgehead atoms. The van der Waals surface area contributed by atoms with Gasteiger partial charge in [-0.25, -0.2) is 4.98 Å². The fraction of sp³-hybridized carbons (Fsp3) is 0.500. The summed E-state index contributed by atoms with van der Waals surface area (Å²) in [5, 5.41) is 8.52. The third-order valence-corrected chi connectivity index (χ3v) is 9.11. The van der Waals surface area contributed by atoms with Crippen LogP contribution < -0.4 is 4.43 Å². The lowest BCUT2D eigenvalue weighted by Crippen LogP contribution is -2.43. The first-order chi connectivity index (χ1) is 8.63. The minimum Gasteiger partial charge on any atom is -0.541 e. The maximum atomic E-state index is 6.44. The Kier molecular flexibility index (Phi) is 3.87. The zero-order valence-electron chi connectivity index (χ0n) is 11.6. The van der Waals surface area contributed by atoms with E-state index in [1.54, 1.807) is 6.20 Å². The fourth-order valence-electron chi connectivity index (χ4n) is 1.40. The first-order valence-electron chi connectivity index (χ1n) is 6.00. The molecule has 0 radical (unpaired) electrons. The van der Waals surface area contributed by atoms with Gasteiger partial charge in [0.25, 0.3) is 8.32 Å². The molecule has 4 nitrogen and oxygen atoms in total. The molecule has 1 N–H and O–H groups in total. The van der Waals surface area contributed by atoms with Gasteiger partial charge in [0.1, 0.15) is 9.45 Å². The number of rotatable bonds is 2. The molecule has 0 amide bonds. The molecule has 0 saturated heterocycles. The van der Waals surface area contributed by atoms with Crippen molar-refractivity contribution in [3.63, 3.8) is 0 Å². The van der Waals surface area contributed by atoms with Crippen LogP contribution in [0.1, 0.15) is 20.8 Å². The summed E-state index contributed by atoms with van der Waals surface area (Å²) >= 11 is 8.60. The summed E-state index contributed by atoms with van der Waals surface area (Å²) in [4.78, 5) is 4.29. The summed E-state index contributed by atoms with van der Waals surface area (Å²) in [5.74, 6) is 0.653. The molecule has 19 heavy (non-hydrogen) atoms. The second-order valence-corrected chi connectivity index (χ2v) is 12.2. The van der Waals surface area contributed by atoms with Crippen LogP contribution in [-0.2, 0) is 0 Å². The van der Waals surface area contributed by atoms with E-state index < -0.39 is 8.32 Å². The molecule has 0 unspecified atom stereocenters. The number of pyridine rings is 1. The van der Waals surface area contributed by atoms with Crippen LogP contribution >= 0.6 is 34.2 Å². The third kappa shape index (κ3) is 2.75. The van der Waals surface area contributed by atoms with Gasteiger partial charge in [0.05, 0.1) is 16.6 Å². The van der Waals surface area contributed by atoms with Crippen LogP contribution in [0.5, 0.6) is 5.75 Å². The fourth-order valence-corrected chi connectivity index (χ4v) is 3.53. The normalized spacial score (nSPS) is 13.0. The van der Waals surface area contributed by atoms with E-state index >= 15 is 0 Å². The number of fused-ring (bicyclic) bond motifs is 1. The Morgan fingerprint density at radius 3 is 2.58 bits per heavy atom. The molecule has 2 aromatic rings. The standard InChI is InChI=1S/C12H17ClIN3OSi/c1-12(2,3)19(4,5)18-7-6-15-11-8(9(7)13)10(14)16-17-11/h6H,1-5H3,(H,15,16,17). The Morgan fingerprint density at radius 2 is 2.00 bits per heavy atom. The molecule has 0 aromatic carbocycles. The molecule has 0 saturated carbocycles. The summed E-state index contributed by atoms with van der Waals surface area (Å²) in [5.41, 5.74) is 0.622. The number of aromatic amines is 1. The van der Waals surface area contributed by atoms with Crippen molar-refractivity contribution in [3.8, 4) is 5.75 Å². The predicted octanol–water partition coefficient (Wildman–Crippen LogP) is 4.60. The molecule has 2 aromatic heterocycles. The summed E-state index contributed by atoms with van der Waals surface area (Å²) < 4.78 is 7.11. The van der Waals surface area contributed by atoms with Crippen molar-refractivity contribution < 1.29 is 4.43 Å². The number of halogens is 2. The van der Waals surface area contributed by atoms with Crippen molar-refractivity contribution in [2.24, 2.45) is 0 Å². The monoisotopic (exact) mass is 409 g/mol. The second-order valence-electron chi connectivity index (χ2n) is 6.04. The maximum Gasteiger partial charge on any atom is 0.250 e. The van der Waals surface area contributed by atoms with Gasteiger partial charge in [-0.1, -0.05) is 32.4 Å². The van der Waals surface area contributed by atoms with Crippen LogP contribution in [0.2, 0.25) is 23.2 Å². The molecule has 0 spiro atoms. The number of nitrogens with one attached hydrogen (secondary N) is 1. The van der Waals surface area contributed by atoms with Gasteiger partial charge in [0.2, 0.25) is 0 Å². The molecular weight excluding hydrogens is 393 g/mol. The highest BCUT2D eigenvalue weighted by molar-refractivity contribution is 14.1. The average molecular weight is 410 g/mol. The Hall–Kier alpha value is -0.343. The molecular formula is C12H17ClIN3OSi.